The molecule has 2 aromatic rings. The third kappa shape index (κ3) is 1.42. The van der Waals surface area contributed by atoms with Gasteiger partial charge in [-0.3, -0.25) is 4.79 Å². The number of aromatic nitrogens is 2. The van der Waals surface area contributed by atoms with E-state index in [1.807, 2.05) is 0 Å². The van der Waals surface area contributed by atoms with Crippen LogP contribution in [0.3, 0.4) is 0 Å². The van der Waals surface area contributed by atoms with Gasteiger partial charge in [0.25, 0.3) is 5.56 Å². The summed E-state index contributed by atoms with van der Waals surface area (Å²) in [5.41, 5.74) is 1.70. The fourth-order valence-corrected chi connectivity index (χ4v) is 1.49. The molecule has 2 aromatic heterocycles. The van der Waals surface area contributed by atoms with Crippen molar-refractivity contribution in [2.75, 3.05) is 0 Å². The van der Waals surface area contributed by atoms with Crippen molar-refractivity contribution in [1.82, 2.24) is 9.97 Å². The standard InChI is InChI=1S/C11H11FN2O/c1-5-4-8-9(12)6(2)7(3)13-10(8)14-11(5)15/h4H,1-3H3,(H,13,14,15). The molecule has 15 heavy (non-hydrogen) atoms. The van der Waals surface area contributed by atoms with Crippen LogP contribution >= 0.6 is 0 Å². The summed E-state index contributed by atoms with van der Waals surface area (Å²) in [5, 5.41) is 0.371. The van der Waals surface area contributed by atoms with Crippen LogP contribution in [0.15, 0.2) is 10.9 Å². The van der Waals surface area contributed by atoms with Crippen molar-refractivity contribution in [3.63, 3.8) is 0 Å². The van der Waals surface area contributed by atoms with E-state index in [1.54, 1.807) is 20.8 Å². The van der Waals surface area contributed by atoms with Gasteiger partial charge in [-0.05, 0) is 26.8 Å². The number of H-pyrrole nitrogens is 1. The van der Waals surface area contributed by atoms with E-state index in [1.165, 1.54) is 6.07 Å². The molecule has 0 atom stereocenters. The lowest BCUT2D eigenvalue weighted by molar-refractivity contribution is 0.626. The van der Waals surface area contributed by atoms with Crippen molar-refractivity contribution in [2.45, 2.75) is 20.8 Å². The van der Waals surface area contributed by atoms with Crippen LogP contribution in [0.4, 0.5) is 4.39 Å². The van der Waals surface area contributed by atoms with E-state index in [2.05, 4.69) is 9.97 Å². The highest BCUT2D eigenvalue weighted by Crippen LogP contribution is 2.19. The maximum atomic E-state index is 13.8. The van der Waals surface area contributed by atoms with Crippen LogP contribution in [0.5, 0.6) is 0 Å². The molecule has 1 N–H and O–H groups in total. The summed E-state index contributed by atoms with van der Waals surface area (Å²) in [6.45, 7) is 5.04. The van der Waals surface area contributed by atoms with Gasteiger partial charge in [-0.15, -0.1) is 0 Å². The monoisotopic (exact) mass is 206 g/mol. The molecule has 0 fully saturated rings. The molecule has 0 aliphatic rings. The molecule has 0 aliphatic heterocycles. The summed E-state index contributed by atoms with van der Waals surface area (Å²) in [5.74, 6) is -0.308. The van der Waals surface area contributed by atoms with Crippen molar-refractivity contribution in [3.8, 4) is 0 Å². The van der Waals surface area contributed by atoms with Crippen LogP contribution < -0.4 is 5.56 Å². The Kier molecular flexibility index (Phi) is 2.07. The summed E-state index contributed by atoms with van der Waals surface area (Å²) >= 11 is 0. The van der Waals surface area contributed by atoms with E-state index < -0.39 is 0 Å². The van der Waals surface area contributed by atoms with Gasteiger partial charge in [-0.25, -0.2) is 9.37 Å². The lowest BCUT2D eigenvalue weighted by Crippen LogP contribution is -2.11. The molecule has 0 aliphatic carbocycles. The van der Waals surface area contributed by atoms with E-state index in [9.17, 15) is 9.18 Å². The number of aromatic amines is 1. The first kappa shape index (κ1) is 9.83. The zero-order valence-corrected chi connectivity index (χ0v) is 8.81. The first-order valence-corrected chi connectivity index (χ1v) is 4.67. The molecular weight excluding hydrogens is 195 g/mol. The first-order chi connectivity index (χ1) is 7.00. The number of nitrogens with zero attached hydrogens (tertiary/aromatic N) is 1. The largest absolute Gasteiger partial charge is 0.306 e. The molecule has 3 nitrogen and oxygen atoms in total. The van der Waals surface area contributed by atoms with Gasteiger partial charge in [-0.1, -0.05) is 0 Å². The Balaban J connectivity index is 2.99. The van der Waals surface area contributed by atoms with Crippen LogP contribution in [0.2, 0.25) is 0 Å². The number of rotatable bonds is 0. The van der Waals surface area contributed by atoms with Gasteiger partial charge in [0.15, 0.2) is 0 Å². The van der Waals surface area contributed by atoms with E-state index in [-0.39, 0.29) is 11.4 Å². The average Bonchev–Trinajstić information content (AvgIpc) is 2.19. The molecule has 0 bridgehead atoms. The lowest BCUT2D eigenvalue weighted by Gasteiger charge is -2.05. The molecule has 78 valence electrons. The predicted octanol–water partition coefficient (Wildman–Crippen LogP) is 1.99. The summed E-state index contributed by atoms with van der Waals surface area (Å²) < 4.78 is 13.8. The summed E-state index contributed by atoms with van der Waals surface area (Å²) in [7, 11) is 0. The maximum absolute atomic E-state index is 13.8. The van der Waals surface area contributed by atoms with E-state index in [0.717, 1.165) is 0 Å². The van der Waals surface area contributed by atoms with Gasteiger partial charge in [0.05, 0.1) is 5.39 Å². The minimum atomic E-state index is -0.308. The van der Waals surface area contributed by atoms with Crippen LogP contribution in [-0.4, -0.2) is 9.97 Å². The van der Waals surface area contributed by atoms with Gasteiger partial charge >= 0.3 is 0 Å². The third-order valence-electron chi connectivity index (χ3n) is 2.59. The lowest BCUT2D eigenvalue weighted by atomic mass is 10.1. The highest BCUT2D eigenvalue weighted by atomic mass is 19.1. The number of fused-ring (bicyclic) bond motifs is 1. The summed E-state index contributed by atoms with van der Waals surface area (Å²) in [6.07, 6.45) is 0. The van der Waals surface area contributed by atoms with Crippen molar-refractivity contribution >= 4 is 11.0 Å². The Hall–Kier alpha value is -1.71. The second-order valence-corrected chi connectivity index (χ2v) is 3.68. The molecule has 0 unspecified atom stereocenters. The summed E-state index contributed by atoms with van der Waals surface area (Å²) in [6, 6.07) is 1.53. The molecule has 0 spiro atoms. The van der Waals surface area contributed by atoms with Gasteiger partial charge in [0, 0.05) is 16.8 Å². The molecule has 2 heterocycles. The Morgan fingerprint density at radius 3 is 2.67 bits per heavy atom. The quantitative estimate of drug-likeness (QED) is 0.716. The molecule has 0 saturated carbocycles. The van der Waals surface area contributed by atoms with Crippen molar-refractivity contribution in [3.05, 3.63) is 39.1 Å². The first-order valence-electron chi connectivity index (χ1n) is 4.67. The number of halogens is 1. The van der Waals surface area contributed by atoms with Crippen molar-refractivity contribution < 1.29 is 4.39 Å². The smallest absolute Gasteiger partial charge is 0.252 e. The Bertz CT molecular complexity index is 602. The Labute approximate surface area is 86.0 Å². The fraction of sp³-hybridized carbons (Fsp3) is 0.273. The van der Waals surface area contributed by atoms with Crippen LogP contribution in [0.25, 0.3) is 11.0 Å². The fourth-order valence-electron chi connectivity index (χ4n) is 1.49. The van der Waals surface area contributed by atoms with Crippen LogP contribution in [-0.2, 0) is 0 Å². The van der Waals surface area contributed by atoms with Gasteiger partial charge in [0.2, 0.25) is 0 Å². The van der Waals surface area contributed by atoms with Crippen LogP contribution in [0, 0.1) is 26.6 Å². The highest BCUT2D eigenvalue weighted by molar-refractivity contribution is 5.77. The number of aryl methyl sites for hydroxylation is 2. The molecule has 0 aromatic carbocycles. The highest BCUT2D eigenvalue weighted by Gasteiger charge is 2.10. The zero-order valence-electron chi connectivity index (χ0n) is 8.81. The minimum absolute atomic E-state index is 0.224. The second kappa shape index (κ2) is 3.15. The zero-order chi connectivity index (χ0) is 11.2. The Morgan fingerprint density at radius 1 is 1.33 bits per heavy atom. The molecule has 4 heteroatoms. The van der Waals surface area contributed by atoms with Gasteiger partial charge < -0.3 is 4.98 Å². The minimum Gasteiger partial charge on any atom is -0.306 e. The van der Waals surface area contributed by atoms with Crippen molar-refractivity contribution in [2.24, 2.45) is 0 Å². The predicted molar refractivity (Wildman–Crippen MR) is 56.5 cm³/mol. The third-order valence-corrected chi connectivity index (χ3v) is 2.59. The normalized spacial score (nSPS) is 10.9. The molecule has 0 radical (unpaired) electrons. The summed E-state index contributed by atoms with van der Waals surface area (Å²) in [4.78, 5) is 18.0. The Morgan fingerprint density at radius 2 is 2.00 bits per heavy atom. The topological polar surface area (TPSA) is 45.8 Å². The number of hydrogen-bond donors (Lipinski definition) is 1. The molecule has 2 rings (SSSR count). The number of nitrogens with one attached hydrogen (secondary N) is 1. The van der Waals surface area contributed by atoms with Gasteiger partial charge in [0.1, 0.15) is 11.5 Å². The van der Waals surface area contributed by atoms with E-state index >= 15 is 0 Å². The molecule has 0 saturated heterocycles. The average molecular weight is 206 g/mol. The second-order valence-electron chi connectivity index (χ2n) is 3.68. The van der Waals surface area contributed by atoms with Crippen molar-refractivity contribution in [1.29, 1.82) is 0 Å². The van der Waals surface area contributed by atoms with E-state index in [4.69, 9.17) is 0 Å². The maximum Gasteiger partial charge on any atom is 0.252 e. The molecular formula is C11H11FN2O. The number of hydrogen-bond acceptors (Lipinski definition) is 2. The number of pyridine rings is 2. The SMILES string of the molecule is Cc1nc2[nH]c(=O)c(C)cc2c(F)c1C. The van der Waals surface area contributed by atoms with Crippen LogP contribution in [0.1, 0.15) is 16.8 Å². The van der Waals surface area contributed by atoms with Gasteiger partial charge in [-0.2, -0.15) is 0 Å². The molecule has 0 amide bonds. The van der Waals surface area contributed by atoms with E-state index in [0.29, 0.717) is 27.9 Å².